The highest BCUT2D eigenvalue weighted by Gasteiger charge is 2.23. The van der Waals surface area contributed by atoms with Gasteiger partial charge < -0.3 is 15.3 Å². The third-order valence-corrected chi connectivity index (χ3v) is 3.49. The van der Waals surface area contributed by atoms with Gasteiger partial charge in [0.15, 0.2) is 0 Å². The van der Waals surface area contributed by atoms with Crippen molar-refractivity contribution in [2.75, 3.05) is 26.2 Å². The number of carbonyl (C=O) groups is 1. The molecule has 1 amide bonds. The lowest BCUT2D eigenvalue weighted by Crippen LogP contribution is -2.42. The van der Waals surface area contributed by atoms with Crippen LogP contribution in [0.15, 0.2) is 6.20 Å². The summed E-state index contributed by atoms with van der Waals surface area (Å²) < 4.78 is 3.68. The molecule has 1 unspecified atom stereocenters. The molecule has 94 valence electrons. The van der Waals surface area contributed by atoms with Gasteiger partial charge in [0.1, 0.15) is 4.88 Å². The Kier molecular flexibility index (Phi) is 4.41. The van der Waals surface area contributed by atoms with Crippen molar-refractivity contribution in [1.82, 2.24) is 19.8 Å². The quantitative estimate of drug-likeness (QED) is 0.758. The predicted molar refractivity (Wildman–Crippen MR) is 63.9 cm³/mol. The Morgan fingerprint density at radius 2 is 2.59 bits per heavy atom. The first kappa shape index (κ1) is 12.4. The molecule has 0 aromatic carbocycles. The minimum atomic E-state index is -0.0947. The second-order valence-electron chi connectivity index (χ2n) is 4.05. The third kappa shape index (κ3) is 3.21. The number of aromatic nitrogens is 2. The van der Waals surface area contributed by atoms with E-state index in [2.05, 4.69) is 14.9 Å². The number of nitrogens with zero attached hydrogens (tertiary/aromatic N) is 3. The summed E-state index contributed by atoms with van der Waals surface area (Å²) in [6.45, 7) is 1.98. The van der Waals surface area contributed by atoms with E-state index in [4.69, 9.17) is 5.11 Å². The molecule has 2 N–H and O–H groups in total. The zero-order valence-corrected chi connectivity index (χ0v) is 10.3. The van der Waals surface area contributed by atoms with Crippen molar-refractivity contribution in [2.45, 2.75) is 18.9 Å². The zero-order valence-electron chi connectivity index (χ0n) is 9.50. The van der Waals surface area contributed by atoms with Crippen LogP contribution in [0.1, 0.15) is 22.5 Å². The summed E-state index contributed by atoms with van der Waals surface area (Å²) in [6.07, 6.45) is 3.70. The van der Waals surface area contributed by atoms with E-state index in [1.54, 1.807) is 4.90 Å². The molecule has 2 heterocycles. The molecule has 0 bridgehead atoms. The second kappa shape index (κ2) is 6.04. The molecule has 1 saturated heterocycles. The maximum Gasteiger partial charge on any atom is 0.267 e. The molecule has 1 aromatic rings. The number of amides is 1. The van der Waals surface area contributed by atoms with Crippen LogP contribution in [-0.2, 0) is 0 Å². The molecule has 1 aliphatic heterocycles. The maximum absolute atomic E-state index is 12.1. The first-order chi connectivity index (χ1) is 8.31. The fraction of sp³-hybridized carbons (Fsp3) is 0.700. The predicted octanol–water partition coefficient (Wildman–Crippen LogP) is -0.275. The first-order valence-electron chi connectivity index (χ1n) is 5.72. The number of aliphatic hydroxyl groups excluding tert-OH is 1. The number of carbonyl (C=O) groups excluding carboxylic acids is 1. The SMILES string of the molecule is O=C(c1cnns1)N(CCO)CC1CCCN1. The monoisotopic (exact) mass is 256 g/mol. The van der Waals surface area contributed by atoms with Gasteiger partial charge in [0, 0.05) is 19.1 Å². The molecular formula is C10H16N4O2S. The summed E-state index contributed by atoms with van der Waals surface area (Å²) in [7, 11) is 0. The zero-order chi connectivity index (χ0) is 12.1. The number of rotatable bonds is 5. The van der Waals surface area contributed by atoms with Crippen LogP contribution in [0.2, 0.25) is 0 Å². The highest BCUT2D eigenvalue weighted by molar-refractivity contribution is 7.07. The summed E-state index contributed by atoms with van der Waals surface area (Å²) >= 11 is 1.09. The molecule has 1 atom stereocenters. The Balaban J connectivity index is 1.98. The van der Waals surface area contributed by atoms with Gasteiger partial charge in [0.25, 0.3) is 5.91 Å². The summed E-state index contributed by atoms with van der Waals surface area (Å²) in [5.74, 6) is -0.0947. The van der Waals surface area contributed by atoms with Crippen LogP contribution in [0.4, 0.5) is 0 Å². The number of aliphatic hydroxyl groups is 1. The van der Waals surface area contributed by atoms with Gasteiger partial charge in [-0.1, -0.05) is 4.49 Å². The highest BCUT2D eigenvalue weighted by atomic mass is 32.1. The Morgan fingerprint density at radius 1 is 1.71 bits per heavy atom. The number of hydrogen-bond acceptors (Lipinski definition) is 6. The van der Waals surface area contributed by atoms with Crippen molar-refractivity contribution < 1.29 is 9.90 Å². The van der Waals surface area contributed by atoms with Gasteiger partial charge in [-0.25, -0.2) is 0 Å². The Morgan fingerprint density at radius 3 is 3.18 bits per heavy atom. The van der Waals surface area contributed by atoms with Crippen molar-refractivity contribution in [3.8, 4) is 0 Å². The lowest BCUT2D eigenvalue weighted by Gasteiger charge is -2.24. The van der Waals surface area contributed by atoms with Crippen molar-refractivity contribution in [3.05, 3.63) is 11.1 Å². The largest absolute Gasteiger partial charge is 0.395 e. The fourth-order valence-electron chi connectivity index (χ4n) is 1.99. The van der Waals surface area contributed by atoms with Gasteiger partial charge in [0.05, 0.1) is 12.8 Å². The summed E-state index contributed by atoms with van der Waals surface area (Å²) in [6, 6.07) is 0.339. The van der Waals surface area contributed by atoms with Crippen LogP contribution in [0.5, 0.6) is 0 Å². The van der Waals surface area contributed by atoms with Gasteiger partial charge in [0.2, 0.25) is 0 Å². The van der Waals surface area contributed by atoms with Crippen LogP contribution >= 0.6 is 11.5 Å². The summed E-state index contributed by atoms with van der Waals surface area (Å²) in [4.78, 5) is 14.3. The van der Waals surface area contributed by atoms with E-state index in [9.17, 15) is 4.79 Å². The van der Waals surface area contributed by atoms with E-state index in [0.717, 1.165) is 30.9 Å². The van der Waals surface area contributed by atoms with Gasteiger partial charge >= 0.3 is 0 Å². The minimum Gasteiger partial charge on any atom is -0.395 e. The molecule has 1 fully saturated rings. The highest BCUT2D eigenvalue weighted by Crippen LogP contribution is 2.11. The first-order valence-corrected chi connectivity index (χ1v) is 6.49. The second-order valence-corrected chi connectivity index (χ2v) is 4.84. The molecule has 7 heteroatoms. The van der Waals surface area contributed by atoms with Crippen molar-refractivity contribution in [3.63, 3.8) is 0 Å². The van der Waals surface area contributed by atoms with Gasteiger partial charge in [-0.15, -0.1) is 5.10 Å². The molecule has 0 saturated carbocycles. The molecule has 0 aliphatic carbocycles. The lowest BCUT2D eigenvalue weighted by atomic mass is 10.2. The molecular weight excluding hydrogens is 240 g/mol. The van der Waals surface area contributed by atoms with Crippen molar-refractivity contribution in [2.24, 2.45) is 0 Å². The topological polar surface area (TPSA) is 78.4 Å². The molecule has 1 aliphatic rings. The Hall–Kier alpha value is -1.05. The number of hydrogen-bond donors (Lipinski definition) is 2. The van der Waals surface area contributed by atoms with Crippen molar-refractivity contribution >= 4 is 17.4 Å². The van der Waals surface area contributed by atoms with Crippen molar-refractivity contribution in [1.29, 1.82) is 0 Å². The van der Waals surface area contributed by atoms with Crippen LogP contribution in [0.3, 0.4) is 0 Å². The van der Waals surface area contributed by atoms with E-state index < -0.39 is 0 Å². The van der Waals surface area contributed by atoms with E-state index in [-0.39, 0.29) is 12.5 Å². The molecule has 6 nitrogen and oxygen atoms in total. The normalized spacial score (nSPS) is 19.5. The van der Waals surface area contributed by atoms with Gasteiger partial charge in [-0.2, -0.15) is 0 Å². The smallest absolute Gasteiger partial charge is 0.267 e. The number of nitrogens with one attached hydrogen (secondary N) is 1. The standard InChI is InChI=1S/C10H16N4O2S/c15-5-4-14(7-8-2-1-3-11-8)10(16)9-6-12-13-17-9/h6,8,11,15H,1-5,7H2. The summed E-state index contributed by atoms with van der Waals surface area (Å²) in [5.41, 5.74) is 0. The Labute approximate surface area is 104 Å². The van der Waals surface area contributed by atoms with Crippen LogP contribution in [0.25, 0.3) is 0 Å². The summed E-state index contributed by atoms with van der Waals surface area (Å²) in [5, 5.41) is 16.0. The molecule has 1 aromatic heterocycles. The minimum absolute atomic E-state index is 0.0231. The van der Waals surface area contributed by atoms with E-state index in [0.29, 0.717) is 24.0 Å². The van der Waals surface area contributed by atoms with Crippen LogP contribution < -0.4 is 5.32 Å². The molecule has 17 heavy (non-hydrogen) atoms. The Bertz CT molecular complexity index is 351. The molecule has 0 spiro atoms. The van der Waals surface area contributed by atoms with E-state index in [1.165, 1.54) is 6.20 Å². The van der Waals surface area contributed by atoms with E-state index >= 15 is 0 Å². The lowest BCUT2D eigenvalue weighted by molar-refractivity contribution is 0.0711. The van der Waals surface area contributed by atoms with Crippen LogP contribution in [0, 0.1) is 0 Å². The third-order valence-electron chi connectivity index (χ3n) is 2.83. The average Bonchev–Trinajstić information content (AvgIpc) is 3.00. The molecule has 2 rings (SSSR count). The maximum atomic E-state index is 12.1. The van der Waals surface area contributed by atoms with Crippen LogP contribution in [-0.4, -0.2) is 57.8 Å². The van der Waals surface area contributed by atoms with E-state index in [1.807, 2.05) is 0 Å². The average molecular weight is 256 g/mol. The fourth-order valence-corrected chi connectivity index (χ4v) is 2.48. The van der Waals surface area contributed by atoms with Gasteiger partial charge in [-0.3, -0.25) is 4.79 Å². The molecule has 0 radical (unpaired) electrons. The van der Waals surface area contributed by atoms with Gasteiger partial charge in [-0.05, 0) is 30.9 Å².